The van der Waals surface area contributed by atoms with Gasteiger partial charge in [0, 0.05) is 6.54 Å². The van der Waals surface area contributed by atoms with Crippen LogP contribution < -0.4 is 10.1 Å². The first-order valence-electron chi connectivity index (χ1n) is 7.41. The Morgan fingerprint density at radius 1 is 1.04 bits per heavy atom. The van der Waals surface area contributed by atoms with Crippen LogP contribution in [0.2, 0.25) is 0 Å². The minimum atomic E-state index is -0.400. The van der Waals surface area contributed by atoms with Crippen LogP contribution >= 0.6 is 0 Å². The second kappa shape index (κ2) is 8.67. The molecular formula is C18H18FNO4. The first-order chi connectivity index (χ1) is 11.6. The zero-order valence-corrected chi connectivity index (χ0v) is 13.3. The predicted molar refractivity (Wildman–Crippen MR) is 86.1 cm³/mol. The van der Waals surface area contributed by atoms with Crippen LogP contribution in [0.25, 0.3) is 0 Å². The van der Waals surface area contributed by atoms with Gasteiger partial charge in [-0.15, -0.1) is 0 Å². The van der Waals surface area contributed by atoms with Crippen LogP contribution in [0, 0.1) is 5.82 Å². The Bertz CT molecular complexity index is 683. The smallest absolute Gasteiger partial charge is 0.337 e. The van der Waals surface area contributed by atoms with Gasteiger partial charge >= 0.3 is 5.97 Å². The average molecular weight is 331 g/mol. The summed E-state index contributed by atoms with van der Waals surface area (Å²) >= 11 is 0. The molecule has 1 N–H and O–H groups in total. The van der Waals surface area contributed by atoms with Gasteiger partial charge in [0.1, 0.15) is 11.6 Å². The third-order valence-electron chi connectivity index (χ3n) is 3.28. The van der Waals surface area contributed by atoms with Crippen LogP contribution in [0.5, 0.6) is 5.75 Å². The zero-order chi connectivity index (χ0) is 17.4. The van der Waals surface area contributed by atoms with Crippen LogP contribution in [0.1, 0.15) is 22.3 Å². The van der Waals surface area contributed by atoms with Crippen molar-refractivity contribution in [3.8, 4) is 5.75 Å². The number of methoxy groups -OCH3 is 1. The Kier molecular flexibility index (Phi) is 6.31. The summed E-state index contributed by atoms with van der Waals surface area (Å²) < 4.78 is 22.7. The highest BCUT2D eigenvalue weighted by Crippen LogP contribution is 2.11. The lowest BCUT2D eigenvalue weighted by atomic mass is 10.1. The highest BCUT2D eigenvalue weighted by Gasteiger charge is 2.06. The molecule has 0 aromatic heterocycles. The number of esters is 1. The number of nitrogens with one attached hydrogen (secondary N) is 1. The van der Waals surface area contributed by atoms with E-state index in [0.29, 0.717) is 17.9 Å². The van der Waals surface area contributed by atoms with Gasteiger partial charge in [-0.1, -0.05) is 12.1 Å². The maximum atomic E-state index is 12.7. The van der Waals surface area contributed by atoms with Crippen molar-refractivity contribution in [2.24, 2.45) is 0 Å². The van der Waals surface area contributed by atoms with Gasteiger partial charge in [0.15, 0.2) is 0 Å². The van der Waals surface area contributed by atoms with Gasteiger partial charge in [-0.3, -0.25) is 4.79 Å². The number of amides is 1. The summed E-state index contributed by atoms with van der Waals surface area (Å²) in [5.41, 5.74) is 1.33. The zero-order valence-electron chi connectivity index (χ0n) is 13.3. The minimum Gasteiger partial charge on any atom is -0.493 e. The fraction of sp³-hybridized carbons (Fsp3) is 0.222. The van der Waals surface area contributed by atoms with E-state index in [9.17, 15) is 14.0 Å². The third kappa shape index (κ3) is 5.39. The van der Waals surface area contributed by atoms with Crippen LogP contribution in [0.4, 0.5) is 4.39 Å². The Hall–Kier alpha value is -2.89. The second-order valence-electron chi connectivity index (χ2n) is 5.02. The average Bonchev–Trinajstić information content (AvgIpc) is 2.61. The Labute approximate surface area is 139 Å². The summed E-state index contributed by atoms with van der Waals surface area (Å²) in [4.78, 5) is 23.1. The van der Waals surface area contributed by atoms with Gasteiger partial charge in [0.25, 0.3) is 0 Å². The lowest BCUT2D eigenvalue weighted by Crippen LogP contribution is -2.24. The molecule has 126 valence electrons. The number of rotatable bonds is 7. The van der Waals surface area contributed by atoms with Crippen molar-refractivity contribution in [2.45, 2.75) is 13.0 Å². The quantitative estimate of drug-likeness (QED) is 0.792. The first kappa shape index (κ1) is 17.5. The fourth-order valence-corrected chi connectivity index (χ4v) is 1.96. The number of benzene rings is 2. The number of ether oxygens (including phenoxy) is 2. The lowest BCUT2D eigenvalue weighted by molar-refractivity contribution is -0.121. The van der Waals surface area contributed by atoms with E-state index >= 15 is 0 Å². The van der Waals surface area contributed by atoms with Crippen LogP contribution in [0.15, 0.2) is 48.5 Å². The highest BCUT2D eigenvalue weighted by atomic mass is 19.1. The van der Waals surface area contributed by atoms with E-state index in [0.717, 1.165) is 5.56 Å². The van der Waals surface area contributed by atoms with E-state index in [1.165, 1.54) is 31.4 Å². The van der Waals surface area contributed by atoms with E-state index in [2.05, 4.69) is 10.1 Å². The molecule has 5 nitrogen and oxygen atoms in total. The molecule has 0 heterocycles. The summed E-state index contributed by atoms with van der Waals surface area (Å²) in [6.07, 6.45) is 0.192. The van der Waals surface area contributed by atoms with E-state index in [-0.39, 0.29) is 24.8 Å². The molecule has 0 aliphatic carbocycles. The van der Waals surface area contributed by atoms with Crippen molar-refractivity contribution in [1.82, 2.24) is 5.32 Å². The molecule has 6 heteroatoms. The van der Waals surface area contributed by atoms with Crippen LogP contribution in [-0.4, -0.2) is 25.6 Å². The van der Waals surface area contributed by atoms with Gasteiger partial charge in [-0.05, 0) is 42.0 Å². The normalized spacial score (nSPS) is 10.1. The van der Waals surface area contributed by atoms with Gasteiger partial charge in [-0.25, -0.2) is 9.18 Å². The Balaban J connectivity index is 1.71. The van der Waals surface area contributed by atoms with Crippen molar-refractivity contribution in [3.63, 3.8) is 0 Å². The van der Waals surface area contributed by atoms with Crippen molar-refractivity contribution >= 4 is 11.9 Å². The molecule has 0 spiro atoms. The lowest BCUT2D eigenvalue weighted by Gasteiger charge is -2.08. The molecular weight excluding hydrogens is 313 g/mol. The molecule has 0 aliphatic heterocycles. The summed E-state index contributed by atoms with van der Waals surface area (Å²) in [6, 6.07) is 12.4. The molecule has 2 aromatic rings. The van der Waals surface area contributed by atoms with Crippen molar-refractivity contribution in [3.05, 3.63) is 65.5 Å². The van der Waals surface area contributed by atoms with Crippen molar-refractivity contribution in [1.29, 1.82) is 0 Å². The summed E-state index contributed by atoms with van der Waals surface area (Å²) in [5, 5.41) is 2.76. The molecule has 2 rings (SSSR count). The molecule has 0 fully saturated rings. The number of hydrogen-bond acceptors (Lipinski definition) is 4. The highest BCUT2D eigenvalue weighted by molar-refractivity contribution is 5.89. The molecule has 1 amide bonds. The number of hydrogen-bond donors (Lipinski definition) is 1. The van der Waals surface area contributed by atoms with Crippen molar-refractivity contribution in [2.75, 3.05) is 13.7 Å². The number of carbonyl (C=O) groups is 2. The molecule has 0 saturated heterocycles. The predicted octanol–water partition coefficient (Wildman–Crippen LogP) is 2.70. The summed E-state index contributed by atoms with van der Waals surface area (Å²) in [5.74, 6) is -0.376. The largest absolute Gasteiger partial charge is 0.493 e. The van der Waals surface area contributed by atoms with Crippen LogP contribution in [-0.2, 0) is 16.1 Å². The number of carbonyl (C=O) groups excluding carboxylic acids is 2. The standard InChI is InChI=1S/C18H18FNO4/c1-23-18(22)14-4-2-13(3-5-14)12-20-17(21)10-11-24-16-8-6-15(19)7-9-16/h2-9H,10-12H2,1H3,(H,20,21). The van der Waals surface area contributed by atoms with Crippen LogP contribution in [0.3, 0.4) is 0 Å². The van der Waals surface area contributed by atoms with E-state index in [1.807, 2.05) is 0 Å². The molecule has 0 atom stereocenters. The SMILES string of the molecule is COC(=O)c1ccc(CNC(=O)CCOc2ccc(F)cc2)cc1. The Morgan fingerprint density at radius 2 is 1.71 bits per heavy atom. The molecule has 24 heavy (non-hydrogen) atoms. The van der Waals surface area contributed by atoms with Gasteiger partial charge in [0.2, 0.25) is 5.91 Å². The number of halogens is 1. The Morgan fingerprint density at radius 3 is 2.33 bits per heavy atom. The van der Waals surface area contributed by atoms with E-state index < -0.39 is 5.97 Å². The second-order valence-corrected chi connectivity index (χ2v) is 5.02. The molecule has 0 unspecified atom stereocenters. The molecule has 2 aromatic carbocycles. The van der Waals surface area contributed by atoms with Gasteiger partial charge < -0.3 is 14.8 Å². The monoisotopic (exact) mass is 331 g/mol. The maximum Gasteiger partial charge on any atom is 0.337 e. The van der Waals surface area contributed by atoms with Gasteiger partial charge in [0.05, 0.1) is 25.7 Å². The van der Waals surface area contributed by atoms with Crippen molar-refractivity contribution < 1.29 is 23.5 Å². The fourth-order valence-electron chi connectivity index (χ4n) is 1.96. The first-order valence-corrected chi connectivity index (χ1v) is 7.41. The molecule has 0 bridgehead atoms. The summed E-state index contributed by atoms with van der Waals surface area (Å²) in [7, 11) is 1.32. The maximum absolute atomic E-state index is 12.7. The molecule has 0 saturated carbocycles. The third-order valence-corrected chi connectivity index (χ3v) is 3.28. The summed E-state index contributed by atoms with van der Waals surface area (Å²) in [6.45, 7) is 0.565. The minimum absolute atomic E-state index is 0.158. The van der Waals surface area contributed by atoms with E-state index in [4.69, 9.17) is 4.74 Å². The molecule has 0 radical (unpaired) electrons. The van der Waals surface area contributed by atoms with E-state index in [1.54, 1.807) is 24.3 Å². The van der Waals surface area contributed by atoms with Gasteiger partial charge in [-0.2, -0.15) is 0 Å². The topological polar surface area (TPSA) is 64.6 Å². The molecule has 0 aliphatic rings.